The fourth-order valence-corrected chi connectivity index (χ4v) is 12.0. The Morgan fingerprint density at radius 2 is 1.18 bits per heavy atom. The molecule has 0 spiro atoms. The van der Waals surface area contributed by atoms with Crippen LogP contribution in [0.1, 0.15) is 100 Å². The lowest BCUT2D eigenvalue weighted by Gasteiger charge is -2.79. The third-order valence-corrected chi connectivity index (χ3v) is 15.2. The first-order valence-electron chi connectivity index (χ1n) is 16.1. The summed E-state index contributed by atoms with van der Waals surface area (Å²) < 4.78 is 0. The first kappa shape index (κ1) is 26.6. The maximum atomic E-state index is 2.84. The van der Waals surface area contributed by atoms with Gasteiger partial charge in [0.15, 0.2) is 0 Å². The number of rotatable bonds is 1. The maximum Gasteiger partial charge on any atom is 0.0173 e. The molecule has 7 unspecified atom stereocenters. The highest BCUT2D eigenvalue weighted by atomic mass is 14.9. The summed E-state index contributed by atoms with van der Waals surface area (Å²) in [5.41, 5.74) is 9.71. The lowest BCUT2D eigenvalue weighted by atomic mass is 9.23. The molecule has 7 aliphatic rings. The largest absolute Gasteiger partial charge is 0.0801 e. The van der Waals surface area contributed by atoms with Crippen LogP contribution in [-0.4, -0.2) is 0 Å². The van der Waals surface area contributed by atoms with Crippen molar-refractivity contribution < 1.29 is 0 Å². The Kier molecular flexibility index (Phi) is 5.27. The topological polar surface area (TPSA) is 0 Å². The monoisotopic (exact) mass is 530 g/mol. The Morgan fingerprint density at radius 1 is 0.625 bits per heavy atom. The van der Waals surface area contributed by atoms with Crippen molar-refractivity contribution in [3.63, 3.8) is 0 Å². The molecule has 0 heteroatoms. The van der Waals surface area contributed by atoms with Crippen LogP contribution < -0.4 is 0 Å². The fraction of sp³-hybridized carbons (Fsp3) is 0.550. The summed E-state index contributed by atoms with van der Waals surface area (Å²) in [4.78, 5) is 0. The highest BCUT2D eigenvalue weighted by molar-refractivity contribution is 5.66. The van der Waals surface area contributed by atoms with Gasteiger partial charge in [0.05, 0.1) is 0 Å². The molecule has 2 saturated carbocycles. The number of hydrogen-bond donors (Lipinski definition) is 0. The van der Waals surface area contributed by atoms with Gasteiger partial charge < -0.3 is 0 Å². The van der Waals surface area contributed by atoms with Gasteiger partial charge in [-0.3, -0.25) is 0 Å². The first-order chi connectivity index (χ1) is 18.9. The second kappa shape index (κ2) is 7.93. The van der Waals surface area contributed by atoms with Crippen LogP contribution in [0.3, 0.4) is 0 Å². The van der Waals surface area contributed by atoms with E-state index in [2.05, 4.69) is 128 Å². The van der Waals surface area contributed by atoms with Crippen molar-refractivity contribution in [1.29, 1.82) is 0 Å². The predicted octanol–water partition coefficient (Wildman–Crippen LogP) is 11.1. The Hall–Kier alpha value is -2.34. The van der Waals surface area contributed by atoms with E-state index < -0.39 is 0 Å². The van der Waals surface area contributed by atoms with E-state index in [1.165, 1.54) is 32.1 Å². The van der Waals surface area contributed by atoms with Crippen LogP contribution in [0.4, 0.5) is 0 Å². The van der Waals surface area contributed by atoms with E-state index in [0.29, 0.717) is 0 Å². The number of hydrogen-bond acceptors (Lipinski definition) is 0. The molecule has 0 heterocycles. The molecule has 0 aliphatic heterocycles. The second-order valence-corrected chi connectivity index (χ2v) is 15.5. The molecule has 0 saturated heterocycles. The second-order valence-electron chi connectivity index (χ2n) is 15.5. The van der Waals surface area contributed by atoms with Crippen molar-refractivity contribution in [2.24, 2.45) is 37.9 Å². The minimum Gasteiger partial charge on any atom is -0.0801 e. The summed E-state index contributed by atoms with van der Waals surface area (Å²) in [5.74, 6) is 0. The van der Waals surface area contributed by atoms with Crippen LogP contribution in [0.25, 0.3) is 0 Å². The van der Waals surface area contributed by atoms with Gasteiger partial charge in [-0.25, -0.2) is 0 Å². The van der Waals surface area contributed by atoms with Crippen LogP contribution in [0, 0.1) is 37.9 Å². The van der Waals surface area contributed by atoms with Crippen molar-refractivity contribution >= 4 is 0 Å². The maximum absolute atomic E-state index is 2.84. The van der Waals surface area contributed by atoms with E-state index in [4.69, 9.17) is 0 Å². The summed E-state index contributed by atoms with van der Waals surface area (Å²) in [6.45, 7) is 20.9. The normalized spacial score (nSPS) is 48.6. The molecule has 0 amide bonds. The molecule has 0 bridgehead atoms. The third-order valence-electron chi connectivity index (χ3n) is 15.2. The number of fused-ring (bicyclic) bond motifs is 8. The molecule has 0 aromatic carbocycles. The van der Waals surface area contributed by atoms with Crippen molar-refractivity contribution in [2.45, 2.75) is 100 Å². The zero-order valence-electron chi connectivity index (χ0n) is 26.4. The van der Waals surface area contributed by atoms with E-state index in [0.717, 1.165) is 12.8 Å². The predicted molar refractivity (Wildman–Crippen MR) is 171 cm³/mol. The fourth-order valence-electron chi connectivity index (χ4n) is 12.0. The van der Waals surface area contributed by atoms with Crippen molar-refractivity contribution in [1.82, 2.24) is 0 Å². The molecule has 7 rings (SSSR count). The van der Waals surface area contributed by atoms with Crippen molar-refractivity contribution in [3.8, 4) is 0 Å². The molecule has 0 aromatic heterocycles. The molecular weight excluding hydrogens is 480 g/mol. The van der Waals surface area contributed by atoms with Crippen LogP contribution in [-0.2, 0) is 0 Å². The molecule has 0 aromatic rings. The Morgan fingerprint density at radius 3 is 1.75 bits per heavy atom. The van der Waals surface area contributed by atoms with Gasteiger partial charge in [0.1, 0.15) is 0 Å². The zero-order valence-corrected chi connectivity index (χ0v) is 26.4. The SMILES string of the molecule is CC1=C(C2=CC=CC2)C(=C2CCCCC2)CC2=CC3(C)C4(C)C=CC=CC4(C)C4(C)C=CC=CC4(C)C3(C)C21C. The van der Waals surface area contributed by atoms with Gasteiger partial charge in [0, 0.05) is 32.5 Å². The summed E-state index contributed by atoms with van der Waals surface area (Å²) in [6.07, 6.45) is 38.6. The molecule has 7 aliphatic carbocycles. The molecule has 0 N–H and O–H groups in total. The van der Waals surface area contributed by atoms with Crippen LogP contribution >= 0.6 is 0 Å². The van der Waals surface area contributed by atoms with Crippen molar-refractivity contribution in [3.05, 3.63) is 106 Å². The van der Waals surface area contributed by atoms with Crippen molar-refractivity contribution in [2.75, 3.05) is 0 Å². The van der Waals surface area contributed by atoms with E-state index in [9.17, 15) is 0 Å². The van der Waals surface area contributed by atoms with Gasteiger partial charge in [-0.15, -0.1) is 0 Å². The number of allylic oxidation sites excluding steroid dienone is 18. The van der Waals surface area contributed by atoms with Gasteiger partial charge >= 0.3 is 0 Å². The summed E-state index contributed by atoms with van der Waals surface area (Å²) >= 11 is 0. The van der Waals surface area contributed by atoms with Gasteiger partial charge in [-0.1, -0.05) is 145 Å². The smallest absolute Gasteiger partial charge is 0.0173 e. The van der Waals surface area contributed by atoms with Gasteiger partial charge in [0.25, 0.3) is 0 Å². The standard InChI is InChI=1S/C40H50/c1-28-33(30-20-12-13-21-30)32(29-18-10-9-11-19-29)26-31-27-38(6)36(4)24-15-14-22-34(36,2)35(3)23-16-17-25-37(35,5)40(38,8)39(28,31)7/h12-17,20,22-25,27H,9-11,18-19,21,26H2,1-8H3. The third kappa shape index (κ3) is 2.51. The van der Waals surface area contributed by atoms with E-state index >= 15 is 0 Å². The minimum absolute atomic E-state index is 0.0249. The first-order valence-corrected chi connectivity index (χ1v) is 16.1. The quantitative estimate of drug-likeness (QED) is 0.296. The molecule has 40 heavy (non-hydrogen) atoms. The minimum atomic E-state index is -0.0511. The average Bonchev–Trinajstić information content (AvgIpc) is 3.54. The summed E-state index contributed by atoms with van der Waals surface area (Å²) in [6, 6.07) is 0. The summed E-state index contributed by atoms with van der Waals surface area (Å²) in [7, 11) is 0. The molecular formula is C40H50. The Balaban J connectivity index is 1.58. The van der Waals surface area contributed by atoms with Crippen LogP contribution in [0.5, 0.6) is 0 Å². The Labute approximate surface area is 244 Å². The Bertz CT molecular complexity index is 1470. The highest BCUT2D eigenvalue weighted by Crippen LogP contribution is 2.88. The van der Waals surface area contributed by atoms with Gasteiger partial charge in [0.2, 0.25) is 0 Å². The molecule has 7 atom stereocenters. The molecule has 0 radical (unpaired) electrons. The van der Waals surface area contributed by atoms with Crippen LogP contribution in [0.15, 0.2) is 106 Å². The summed E-state index contributed by atoms with van der Waals surface area (Å²) in [5, 5.41) is 0. The highest BCUT2D eigenvalue weighted by Gasteiger charge is 2.83. The van der Waals surface area contributed by atoms with E-state index in [1.807, 2.05) is 0 Å². The molecule has 210 valence electrons. The molecule has 2 fully saturated rings. The van der Waals surface area contributed by atoms with Gasteiger partial charge in [-0.05, 0) is 67.6 Å². The van der Waals surface area contributed by atoms with Gasteiger partial charge in [-0.2, -0.15) is 0 Å². The zero-order chi connectivity index (χ0) is 28.4. The lowest BCUT2D eigenvalue weighted by Crippen LogP contribution is -2.75. The molecule has 0 nitrogen and oxygen atoms in total. The van der Waals surface area contributed by atoms with E-state index in [-0.39, 0.29) is 37.9 Å². The van der Waals surface area contributed by atoms with Crippen LogP contribution in [0.2, 0.25) is 0 Å². The lowest BCUT2D eigenvalue weighted by molar-refractivity contribution is -0.253. The average molecular weight is 531 g/mol. The van der Waals surface area contributed by atoms with E-state index in [1.54, 1.807) is 33.4 Å².